The first-order valence-electron chi connectivity index (χ1n) is 6.78. The van der Waals surface area contributed by atoms with Crippen LogP contribution in [0.1, 0.15) is 38.5 Å². The molecule has 0 aromatic heterocycles. The molecule has 1 aliphatic rings. The van der Waals surface area contributed by atoms with Crippen LogP contribution in [0.3, 0.4) is 0 Å². The zero-order chi connectivity index (χ0) is 13.7. The van der Waals surface area contributed by atoms with Gasteiger partial charge in [0.05, 0.1) is 12.0 Å². The Labute approximate surface area is 115 Å². The number of methoxy groups -OCH3 is 1. The molecule has 1 N–H and O–H groups in total. The minimum Gasteiger partial charge on any atom is -0.497 e. The van der Waals surface area contributed by atoms with Gasteiger partial charge in [-0.2, -0.15) is 0 Å². The van der Waals surface area contributed by atoms with Crippen LogP contribution < -0.4 is 9.46 Å². The smallest absolute Gasteiger partial charge is 0.240 e. The molecule has 1 fully saturated rings. The van der Waals surface area contributed by atoms with Crippen LogP contribution in [0.5, 0.6) is 5.75 Å². The van der Waals surface area contributed by atoms with E-state index in [9.17, 15) is 8.42 Å². The average molecular weight is 283 g/mol. The summed E-state index contributed by atoms with van der Waals surface area (Å²) in [5, 5.41) is 0. The highest BCUT2D eigenvalue weighted by atomic mass is 32.2. The van der Waals surface area contributed by atoms with Gasteiger partial charge in [-0.05, 0) is 25.0 Å². The Morgan fingerprint density at radius 1 is 1.16 bits per heavy atom. The zero-order valence-electron chi connectivity index (χ0n) is 11.3. The van der Waals surface area contributed by atoms with Crippen molar-refractivity contribution >= 4 is 10.0 Å². The van der Waals surface area contributed by atoms with Crippen LogP contribution in [0.25, 0.3) is 0 Å². The molecule has 5 heteroatoms. The lowest BCUT2D eigenvalue weighted by molar-refractivity contribution is 0.413. The lowest BCUT2D eigenvalue weighted by Gasteiger charge is -2.16. The third kappa shape index (κ3) is 3.94. The fourth-order valence-corrected chi connectivity index (χ4v) is 3.79. The van der Waals surface area contributed by atoms with Crippen molar-refractivity contribution in [3.63, 3.8) is 0 Å². The van der Waals surface area contributed by atoms with Gasteiger partial charge in [-0.15, -0.1) is 0 Å². The summed E-state index contributed by atoms with van der Waals surface area (Å²) in [5.74, 6) is 0.559. The van der Waals surface area contributed by atoms with E-state index >= 15 is 0 Å². The molecule has 19 heavy (non-hydrogen) atoms. The summed E-state index contributed by atoms with van der Waals surface area (Å²) in [6, 6.07) is 6.66. The molecule has 1 saturated carbocycles. The molecule has 106 valence electrons. The Morgan fingerprint density at radius 2 is 1.84 bits per heavy atom. The van der Waals surface area contributed by atoms with Crippen LogP contribution in [0.15, 0.2) is 29.2 Å². The molecule has 0 spiro atoms. The minimum absolute atomic E-state index is 0.0682. The molecule has 0 atom stereocenters. The number of benzene rings is 1. The predicted molar refractivity (Wildman–Crippen MR) is 74.8 cm³/mol. The average Bonchev–Trinajstić information content (AvgIpc) is 2.67. The lowest BCUT2D eigenvalue weighted by Crippen LogP contribution is -2.34. The second-order valence-corrected chi connectivity index (χ2v) is 6.70. The van der Waals surface area contributed by atoms with Crippen LogP contribution in [0.4, 0.5) is 0 Å². The maximum Gasteiger partial charge on any atom is 0.240 e. The Morgan fingerprint density at radius 3 is 2.47 bits per heavy atom. The summed E-state index contributed by atoms with van der Waals surface area (Å²) in [5.41, 5.74) is 0. The van der Waals surface area contributed by atoms with Gasteiger partial charge in [0.15, 0.2) is 0 Å². The molecular formula is C14H21NO3S. The van der Waals surface area contributed by atoms with Crippen molar-refractivity contribution in [3.8, 4) is 5.75 Å². The number of rotatable bonds is 4. The first-order chi connectivity index (χ1) is 9.12. The first-order valence-corrected chi connectivity index (χ1v) is 8.26. The van der Waals surface area contributed by atoms with E-state index in [-0.39, 0.29) is 10.9 Å². The van der Waals surface area contributed by atoms with E-state index in [0.29, 0.717) is 5.75 Å². The normalized spacial score (nSPS) is 17.9. The van der Waals surface area contributed by atoms with Gasteiger partial charge in [-0.25, -0.2) is 13.1 Å². The fraction of sp³-hybridized carbons (Fsp3) is 0.571. The van der Waals surface area contributed by atoms with Gasteiger partial charge in [-0.1, -0.05) is 31.7 Å². The maximum absolute atomic E-state index is 12.3. The summed E-state index contributed by atoms with van der Waals surface area (Å²) in [7, 11) is -1.91. The van der Waals surface area contributed by atoms with E-state index in [1.807, 2.05) is 0 Å². The topological polar surface area (TPSA) is 55.4 Å². The van der Waals surface area contributed by atoms with Crippen LogP contribution >= 0.6 is 0 Å². The lowest BCUT2D eigenvalue weighted by atomic mass is 10.1. The fourth-order valence-electron chi connectivity index (χ4n) is 2.45. The molecule has 1 aliphatic carbocycles. The van der Waals surface area contributed by atoms with Crippen molar-refractivity contribution in [3.05, 3.63) is 24.3 Å². The summed E-state index contributed by atoms with van der Waals surface area (Å²) >= 11 is 0. The maximum atomic E-state index is 12.3. The molecule has 0 radical (unpaired) electrons. The number of nitrogens with one attached hydrogen (secondary N) is 1. The predicted octanol–water partition coefficient (Wildman–Crippen LogP) is 2.70. The summed E-state index contributed by atoms with van der Waals surface area (Å²) < 4.78 is 32.5. The molecule has 0 aliphatic heterocycles. The molecule has 2 rings (SSSR count). The third-order valence-electron chi connectivity index (χ3n) is 3.53. The first kappa shape index (κ1) is 14.3. The van der Waals surface area contributed by atoms with Gasteiger partial charge >= 0.3 is 0 Å². The molecule has 4 nitrogen and oxygen atoms in total. The summed E-state index contributed by atoms with van der Waals surface area (Å²) in [6.45, 7) is 0. The van der Waals surface area contributed by atoms with Crippen molar-refractivity contribution in [2.45, 2.75) is 49.5 Å². The van der Waals surface area contributed by atoms with Gasteiger partial charge in [-0.3, -0.25) is 0 Å². The minimum atomic E-state index is -3.44. The second kappa shape index (κ2) is 6.39. The molecule has 0 amide bonds. The van der Waals surface area contributed by atoms with Gasteiger partial charge in [0.2, 0.25) is 10.0 Å². The van der Waals surface area contributed by atoms with E-state index in [2.05, 4.69) is 4.72 Å². The SMILES string of the molecule is COc1cccc(S(=O)(=O)NC2CCCCCC2)c1. The molecule has 1 aromatic rings. The molecule has 0 unspecified atom stereocenters. The Kier molecular flexibility index (Phi) is 4.82. The van der Waals surface area contributed by atoms with Gasteiger partial charge in [0.25, 0.3) is 0 Å². The van der Waals surface area contributed by atoms with Crippen molar-refractivity contribution in [1.29, 1.82) is 0 Å². The number of sulfonamides is 1. The molecular weight excluding hydrogens is 262 g/mol. The highest BCUT2D eigenvalue weighted by Gasteiger charge is 2.21. The van der Waals surface area contributed by atoms with E-state index < -0.39 is 10.0 Å². The van der Waals surface area contributed by atoms with Crippen LogP contribution in [-0.4, -0.2) is 21.6 Å². The van der Waals surface area contributed by atoms with E-state index in [1.54, 1.807) is 24.3 Å². The summed E-state index contributed by atoms with van der Waals surface area (Å²) in [6.07, 6.45) is 6.48. The van der Waals surface area contributed by atoms with Crippen molar-refractivity contribution in [2.75, 3.05) is 7.11 Å². The van der Waals surface area contributed by atoms with Crippen LogP contribution in [0, 0.1) is 0 Å². The van der Waals surface area contributed by atoms with E-state index in [1.165, 1.54) is 20.0 Å². The van der Waals surface area contributed by atoms with Crippen LogP contribution in [0.2, 0.25) is 0 Å². The highest BCUT2D eigenvalue weighted by Crippen LogP contribution is 2.21. The Bertz CT molecular complexity index is 505. The van der Waals surface area contributed by atoms with Crippen molar-refractivity contribution in [1.82, 2.24) is 4.72 Å². The molecule has 0 bridgehead atoms. The van der Waals surface area contributed by atoms with Crippen LogP contribution in [-0.2, 0) is 10.0 Å². The standard InChI is InChI=1S/C14H21NO3S/c1-18-13-9-6-10-14(11-13)19(16,17)15-12-7-4-2-3-5-8-12/h6,9-12,15H,2-5,7-8H2,1H3. The van der Waals surface area contributed by atoms with Gasteiger partial charge in [0, 0.05) is 12.1 Å². The van der Waals surface area contributed by atoms with Gasteiger partial charge < -0.3 is 4.74 Å². The quantitative estimate of drug-likeness (QED) is 0.864. The summed E-state index contributed by atoms with van der Waals surface area (Å²) in [4.78, 5) is 0.274. The van der Waals surface area contributed by atoms with E-state index in [0.717, 1.165) is 25.7 Å². The molecule has 1 aromatic carbocycles. The molecule has 0 saturated heterocycles. The molecule has 0 heterocycles. The second-order valence-electron chi connectivity index (χ2n) is 4.99. The number of hydrogen-bond donors (Lipinski definition) is 1. The third-order valence-corrected chi connectivity index (χ3v) is 5.05. The zero-order valence-corrected chi connectivity index (χ0v) is 12.1. The Balaban J connectivity index is 2.12. The monoisotopic (exact) mass is 283 g/mol. The van der Waals surface area contributed by atoms with Crippen molar-refractivity contribution < 1.29 is 13.2 Å². The Hall–Kier alpha value is -1.07. The largest absolute Gasteiger partial charge is 0.497 e. The highest BCUT2D eigenvalue weighted by molar-refractivity contribution is 7.89. The van der Waals surface area contributed by atoms with E-state index in [4.69, 9.17) is 4.74 Å². The number of hydrogen-bond acceptors (Lipinski definition) is 3. The number of ether oxygens (including phenoxy) is 1. The van der Waals surface area contributed by atoms with Gasteiger partial charge in [0.1, 0.15) is 5.75 Å². The van der Waals surface area contributed by atoms with Crippen molar-refractivity contribution in [2.24, 2.45) is 0 Å².